The summed E-state index contributed by atoms with van der Waals surface area (Å²) in [7, 11) is 0. The Balaban J connectivity index is 2.54. The van der Waals surface area contributed by atoms with Crippen molar-refractivity contribution in [2.75, 3.05) is 0 Å². The van der Waals surface area contributed by atoms with Gasteiger partial charge >= 0.3 is 5.97 Å². The first kappa shape index (κ1) is 13.2. The van der Waals surface area contributed by atoms with Crippen LogP contribution in [0.15, 0.2) is 10.6 Å². The van der Waals surface area contributed by atoms with Crippen molar-refractivity contribution in [1.29, 1.82) is 0 Å². The molecule has 7 heteroatoms. The third-order valence-corrected chi connectivity index (χ3v) is 2.14. The number of amides is 1. The van der Waals surface area contributed by atoms with Gasteiger partial charge in [0, 0.05) is 18.0 Å². The molecule has 0 unspecified atom stereocenters. The van der Waals surface area contributed by atoms with Crippen LogP contribution >= 0.6 is 0 Å². The normalized spacial score (nSPS) is 11.4. The van der Waals surface area contributed by atoms with Crippen molar-refractivity contribution in [3.05, 3.63) is 17.5 Å². The fourth-order valence-electron chi connectivity index (χ4n) is 1.32. The Kier molecular flexibility index (Phi) is 3.84. The van der Waals surface area contributed by atoms with Crippen molar-refractivity contribution < 1.29 is 19.2 Å². The summed E-state index contributed by atoms with van der Waals surface area (Å²) in [5, 5.41) is 15.0. The summed E-state index contributed by atoms with van der Waals surface area (Å²) in [5.41, 5.74) is 4.47. The molecule has 0 aromatic carbocycles. The van der Waals surface area contributed by atoms with E-state index in [9.17, 15) is 9.59 Å². The molecule has 0 saturated heterocycles. The van der Waals surface area contributed by atoms with Gasteiger partial charge in [-0.05, 0) is 13.8 Å². The Morgan fingerprint density at radius 3 is 2.71 bits per heavy atom. The van der Waals surface area contributed by atoms with Crippen LogP contribution in [-0.4, -0.2) is 27.7 Å². The van der Waals surface area contributed by atoms with Gasteiger partial charge in [-0.3, -0.25) is 4.79 Å². The zero-order chi connectivity index (χ0) is 13.1. The highest BCUT2D eigenvalue weighted by Crippen LogP contribution is 2.10. The Morgan fingerprint density at radius 2 is 2.24 bits per heavy atom. The highest BCUT2D eigenvalue weighted by Gasteiger charge is 2.21. The molecule has 17 heavy (non-hydrogen) atoms. The van der Waals surface area contributed by atoms with Gasteiger partial charge in [0.2, 0.25) is 5.91 Å². The monoisotopic (exact) mass is 241 g/mol. The van der Waals surface area contributed by atoms with Crippen molar-refractivity contribution in [3.8, 4) is 0 Å². The van der Waals surface area contributed by atoms with Crippen molar-refractivity contribution in [2.24, 2.45) is 5.73 Å². The lowest BCUT2D eigenvalue weighted by Crippen LogP contribution is -2.42. The van der Waals surface area contributed by atoms with Gasteiger partial charge in [0.1, 0.15) is 0 Å². The number of carboxylic acid groups (broad SMARTS) is 1. The van der Waals surface area contributed by atoms with Crippen LogP contribution in [-0.2, 0) is 11.3 Å². The molecule has 0 atom stereocenters. The summed E-state index contributed by atoms with van der Waals surface area (Å²) >= 11 is 0. The number of aromatic nitrogens is 1. The number of hydrogen-bond donors (Lipinski definition) is 3. The number of aromatic carboxylic acids is 1. The first-order chi connectivity index (χ1) is 7.80. The highest BCUT2D eigenvalue weighted by molar-refractivity contribution is 5.85. The molecule has 0 aliphatic heterocycles. The van der Waals surface area contributed by atoms with Gasteiger partial charge in [0.25, 0.3) is 0 Å². The van der Waals surface area contributed by atoms with Crippen LogP contribution in [0, 0.1) is 0 Å². The maximum Gasteiger partial charge on any atom is 0.358 e. The van der Waals surface area contributed by atoms with Crippen LogP contribution in [0.1, 0.15) is 36.5 Å². The van der Waals surface area contributed by atoms with E-state index in [0.717, 1.165) is 0 Å². The molecule has 94 valence electrons. The molecule has 0 saturated carbocycles. The minimum Gasteiger partial charge on any atom is -0.476 e. The third-order valence-electron chi connectivity index (χ3n) is 2.14. The zero-order valence-electron chi connectivity index (χ0n) is 9.69. The predicted molar refractivity (Wildman–Crippen MR) is 58.2 cm³/mol. The van der Waals surface area contributed by atoms with Crippen molar-refractivity contribution in [1.82, 2.24) is 10.5 Å². The summed E-state index contributed by atoms with van der Waals surface area (Å²) < 4.78 is 4.82. The average molecular weight is 241 g/mol. The van der Waals surface area contributed by atoms with E-state index in [1.165, 1.54) is 6.07 Å². The van der Waals surface area contributed by atoms with E-state index in [-0.39, 0.29) is 18.7 Å². The molecule has 1 rings (SSSR count). The second-order valence-corrected chi connectivity index (χ2v) is 4.36. The molecule has 1 aromatic rings. The smallest absolute Gasteiger partial charge is 0.358 e. The maximum absolute atomic E-state index is 10.8. The molecular weight excluding hydrogens is 226 g/mol. The number of hydrogen-bond acceptors (Lipinski definition) is 5. The molecule has 0 bridgehead atoms. The minimum absolute atomic E-state index is 0.144. The topological polar surface area (TPSA) is 118 Å². The van der Waals surface area contributed by atoms with Gasteiger partial charge in [0.15, 0.2) is 11.5 Å². The second-order valence-electron chi connectivity index (χ2n) is 4.36. The van der Waals surface area contributed by atoms with Gasteiger partial charge in [-0.2, -0.15) is 0 Å². The number of nitrogens with zero attached hydrogens (tertiary/aromatic N) is 1. The van der Waals surface area contributed by atoms with Crippen molar-refractivity contribution in [2.45, 2.75) is 32.4 Å². The molecule has 0 fully saturated rings. The van der Waals surface area contributed by atoms with Crippen molar-refractivity contribution >= 4 is 11.9 Å². The number of rotatable bonds is 6. The molecule has 7 nitrogen and oxygen atoms in total. The SMILES string of the molecule is CC(C)(CC(N)=O)NCc1cc(C(=O)O)no1. The van der Waals surface area contributed by atoms with E-state index in [1.807, 2.05) is 13.8 Å². The first-order valence-corrected chi connectivity index (χ1v) is 5.02. The standard InChI is InChI=1S/C10H15N3O4/c1-10(2,4-8(11)14)12-5-6-3-7(9(15)16)13-17-6/h3,12H,4-5H2,1-2H3,(H2,11,14)(H,15,16). The van der Waals surface area contributed by atoms with E-state index in [2.05, 4.69) is 10.5 Å². The molecule has 0 spiro atoms. The number of carboxylic acids is 1. The number of primary amides is 1. The van der Waals surface area contributed by atoms with Crippen LogP contribution in [0.5, 0.6) is 0 Å². The van der Waals surface area contributed by atoms with E-state index >= 15 is 0 Å². The van der Waals surface area contributed by atoms with Gasteiger partial charge in [-0.15, -0.1) is 0 Å². The van der Waals surface area contributed by atoms with Gasteiger partial charge in [0.05, 0.1) is 6.54 Å². The second kappa shape index (κ2) is 4.96. The van der Waals surface area contributed by atoms with Crippen LogP contribution in [0.3, 0.4) is 0 Å². The predicted octanol–water partition coefficient (Wildman–Crippen LogP) is 0.116. The van der Waals surface area contributed by atoms with Crippen LogP contribution in [0.2, 0.25) is 0 Å². The average Bonchev–Trinajstić information content (AvgIpc) is 2.61. The fraction of sp³-hybridized carbons (Fsp3) is 0.500. The van der Waals surface area contributed by atoms with Gasteiger partial charge in [-0.1, -0.05) is 5.16 Å². The molecular formula is C10H15N3O4. The Labute approximate surface area is 98.0 Å². The van der Waals surface area contributed by atoms with E-state index < -0.39 is 17.4 Å². The van der Waals surface area contributed by atoms with E-state index in [4.69, 9.17) is 15.4 Å². The Hall–Kier alpha value is -1.89. The van der Waals surface area contributed by atoms with Crippen molar-refractivity contribution in [3.63, 3.8) is 0 Å². The quantitative estimate of drug-likeness (QED) is 0.650. The number of carbonyl (C=O) groups excluding carboxylic acids is 1. The number of carbonyl (C=O) groups is 2. The van der Waals surface area contributed by atoms with E-state index in [1.54, 1.807) is 0 Å². The summed E-state index contributed by atoms with van der Waals surface area (Å²) in [4.78, 5) is 21.3. The summed E-state index contributed by atoms with van der Waals surface area (Å²) in [5.74, 6) is -1.16. The van der Waals surface area contributed by atoms with Gasteiger partial charge < -0.3 is 20.7 Å². The van der Waals surface area contributed by atoms with E-state index in [0.29, 0.717) is 5.76 Å². The highest BCUT2D eigenvalue weighted by atomic mass is 16.5. The van der Waals surface area contributed by atoms with Crippen LogP contribution < -0.4 is 11.1 Å². The number of nitrogens with one attached hydrogen (secondary N) is 1. The number of nitrogens with two attached hydrogens (primary N) is 1. The van der Waals surface area contributed by atoms with Crippen LogP contribution in [0.4, 0.5) is 0 Å². The lowest BCUT2D eigenvalue weighted by Gasteiger charge is -2.23. The first-order valence-electron chi connectivity index (χ1n) is 5.02. The molecule has 1 heterocycles. The molecule has 0 aliphatic carbocycles. The fourth-order valence-corrected chi connectivity index (χ4v) is 1.32. The third kappa shape index (κ3) is 4.23. The molecule has 0 aliphatic rings. The summed E-state index contributed by atoms with van der Waals surface area (Å²) in [6.45, 7) is 3.90. The Morgan fingerprint density at radius 1 is 1.59 bits per heavy atom. The molecule has 1 amide bonds. The summed E-state index contributed by atoms with van der Waals surface area (Å²) in [6.07, 6.45) is 0.174. The van der Waals surface area contributed by atoms with Gasteiger partial charge in [-0.25, -0.2) is 4.79 Å². The molecule has 1 aromatic heterocycles. The molecule has 0 radical (unpaired) electrons. The minimum atomic E-state index is -1.14. The van der Waals surface area contributed by atoms with Crippen LogP contribution in [0.25, 0.3) is 0 Å². The lowest BCUT2D eigenvalue weighted by atomic mass is 10.0. The lowest BCUT2D eigenvalue weighted by molar-refractivity contribution is -0.119. The summed E-state index contributed by atoms with van der Waals surface area (Å²) in [6, 6.07) is 1.33. The largest absolute Gasteiger partial charge is 0.476 e. The zero-order valence-corrected chi connectivity index (χ0v) is 9.69. The Bertz CT molecular complexity index is 425. The molecule has 4 N–H and O–H groups in total. The maximum atomic E-state index is 10.8.